The molecule has 0 saturated carbocycles. The fourth-order valence-electron chi connectivity index (χ4n) is 0. The van der Waals surface area contributed by atoms with Crippen LogP contribution in [0.1, 0.15) is 10.3 Å². The molecular formula is CH13AlCaSi. The largest absolute Gasteiger partial charge is 2.00 e. The van der Waals surface area contributed by atoms with Gasteiger partial charge in [-0.3, -0.25) is 0 Å². The molecule has 3 heteroatoms. The smallest absolute Gasteiger partial charge is 1.00 e. The van der Waals surface area contributed by atoms with E-state index in [1.165, 1.54) is 0 Å². The maximum absolute atomic E-state index is 0. The summed E-state index contributed by atoms with van der Waals surface area (Å²) >= 11 is 0. The van der Waals surface area contributed by atoms with Crippen molar-refractivity contribution in [3.8, 4) is 0 Å². The number of rotatable bonds is 0. The Morgan fingerprint density at radius 2 is 1.25 bits per heavy atom. The van der Waals surface area contributed by atoms with E-state index in [0.29, 0.717) is 0 Å². The summed E-state index contributed by atoms with van der Waals surface area (Å²) < 4.78 is 0. The van der Waals surface area contributed by atoms with Gasteiger partial charge >= 0.3 is 37.7 Å². The van der Waals surface area contributed by atoms with Crippen LogP contribution in [0.5, 0.6) is 0 Å². The van der Waals surface area contributed by atoms with Crippen LogP contribution in [0.4, 0.5) is 0 Å². The van der Waals surface area contributed by atoms with Gasteiger partial charge in [-0.1, -0.05) is 7.43 Å². The monoisotopic (exact) mass is 120 g/mol. The molecule has 0 unspecified atom stereocenters. The molecule has 0 nitrogen and oxygen atoms in total. The minimum Gasteiger partial charge on any atom is -1.00 e. The maximum Gasteiger partial charge on any atom is 2.00 e. The van der Waals surface area contributed by atoms with Crippen LogP contribution in [0.15, 0.2) is 0 Å². The minimum absolute atomic E-state index is 0. The van der Waals surface area contributed by atoms with E-state index in [0.717, 1.165) is 0 Å². The normalized spacial score (nSPS) is 0. The first kappa shape index (κ1) is 37.4. The number of hydrogen-bond donors (Lipinski definition) is 0. The fourth-order valence-corrected chi connectivity index (χ4v) is 0. The van der Waals surface area contributed by atoms with Gasteiger partial charge in [0.25, 0.3) is 0 Å². The van der Waals surface area contributed by atoms with Crippen LogP contribution in [0.25, 0.3) is 0 Å². The summed E-state index contributed by atoms with van der Waals surface area (Å²) in [7, 11) is 0. The van der Waals surface area contributed by atoms with E-state index in [1.807, 2.05) is 0 Å². The van der Waals surface area contributed by atoms with Crippen molar-refractivity contribution in [1.29, 1.82) is 0 Å². The first-order valence-electron chi connectivity index (χ1n) is 0. The fraction of sp³-hybridized carbons (Fsp3) is 1.00. The zero-order valence-electron chi connectivity index (χ0n) is 2.71. The molecule has 0 saturated heterocycles. The molecule has 0 aromatic heterocycles. The average Bonchev–Trinajstić information content (AvgIpc) is 0. The molecule has 26 valence electrons. The van der Waals surface area contributed by atoms with Gasteiger partial charge in [-0.15, -0.1) is 0 Å². The molecule has 0 aliphatic rings. The average molecular weight is 120 g/mol. The molecule has 0 rings (SSSR count). The summed E-state index contributed by atoms with van der Waals surface area (Å²) in [6.07, 6.45) is 0. The molecule has 0 heterocycles. The molecule has 0 aromatic rings. The Morgan fingerprint density at radius 3 is 1.25 bits per heavy atom. The van der Waals surface area contributed by atoms with Crippen LogP contribution in [-0.4, -0.2) is 66.1 Å². The third kappa shape index (κ3) is 8.99. The first-order valence-corrected chi connectivity index (χ1v) is 0. The Kier molecular flexibility index (Phi) is 186. The third-order valence-corrected chi connectivity index (χ3v) is 0. The quantitative estimate of drug-likeness (QED) is 0.320. The van der Waals surface area contributed by atoms with Gasteiger partial charge in [0.15, 0.2) is 17.4 Å². The number of hydrogen-bond acceptors (Lipinski definition) is 0. The van der Waals surface area contributed by atoms with Crippen molar-refractivity contribution in [3.05, 3.63) is 0 Å². The van der Waals surface area contributed by atoms with Crippen molar-refractivity contribution in [2.45, 2.75) is 7.43 Å². The predicted molar refractivity (Wildman–Crippen MR) is 36.0 cm³/mol. The van der Waals surface area contributed by atoms with Gasteiger partial charge in [0.05, 0.1) is 0 Å². The van der Waals surface area contributed by atoms with Gasteiger partial charge in [0, 0.05) is 0 Å². The van der Waals surface area contributed by atoms with Crippen molar-refractivity contribution < 1.29 is 2.85 Å². The molecule has 0 aromatic carbocycles. The molecule has 0 fully saturated rings. The summed E-state index contributed by atoms with van der Waals surface area (Å²) in [6.45, 7) is 0. The van der Waals surface area contributed by atoms with Crippen molar-refractivity contribution in [2.24, 2.45) is 0 Å². The molecule has 0 amide bonds. The summed E-state index contributed by atoms with van der Waals surface area (Å²) in [4.78, 5) is 0. The van der Waals surface area contributed by atoms with Crippen molar-refractivity contribution in [1.82, 2.24) is 0 Å². The van der Waals surface area contributed by atoms with Crippen molar-refractivity contribution in [2.75, 3.05) is 0 Å². The summed E-state index contributed by atoms with van der Waals surface area (Å²) in [5, 5.41) is 0. The Morgan fingerprint density at radius 1 is 1.25 bits per heavy atom. The van der Waals surface area contributed by atoms with E-state index in [1.54, 1.807) is 0 Å². The Bertz CT molecular complexity index is 13.5. The molecule has 0 bridgehead atoms. The van der Waals surface area contributed by atoms with Gasteiger partial charge in [-0.2, -0.15) is 0 Å². The van der Waals surface area contributed by atoms with Gasteiger partial charge in [-0.05, 0) is 11.0 Å². The summed E-state index contributed by atoms with van der Waals surface area (Å²) in [6, 6.07) is 0. The van der Waals surface area contributed by atoms with Crippen LogP contribution < -0.4 is 0 Å². The predicted octanol–water partition coefficient (Wildman–Crippen LogP) is -2.16. The zero-order valence-corrected chi connectivity index (χ0v) is 2.92. The van der Waals surface area contributed by atoms with Crippen LogP contribution in [0.3, 0.4) is 0 Å². The first-order chi connectivity index (χ1) is 0. The standard InChI is InChI=1S/CH4.Al.Ca.H4Si.5H/h1H4;;;1H4;;;;;/q;;+2;;;;;2*-1. The second-order valence-corrected chi connectivity index (χ2v) is 0. The van der Waals surface area contributed by atoms with Crippen molar-refractivity contribution in [3.63, 3.8) is 0 Å². The molecule has 0 spiro atoms. The van der Waals surface area contributed by atoms with Gasteiger partial charge in [0.2, 0.25) is 0 Å². The second-order valence-electron chi connectivity index (χ2n) is 0. The zero-order chi connectivity index (χ0) is 0. The van der Waals surface area contributed by atoms with Crippen LogP contribution in [-0.2, 0) is 0 Å². The van der Waals surface area contributed by atoms with Crippen LogP contribution in [0, 0.1) is 0 Å². The van der Waals surface area contributed by atoms with Gasteiger partial charge in [-0.25, -0.2) is 0 Å². The molecule has 0 N–H and O–H groups in total. The summed E-state index contributed by atoms with van der Waals surface area (Å²) in [5.41, 5.74) is 0. The molecular weight excluding hydrogens is 107 g/mol. The van der Waals surface area contributed by atoms with E-state index in [-0.39, 0.29) is 76.3 Å². The van der Waals surface area contributed by atoms with Gasteiger partial charge < -0.3 is 2.85 Å². The van der Waals surface area contributed by atoms with Crippen molar-refractivity contribution >= 4 is 66.1 Å². The summed E-state index contributed by atoms with van der Waals surface area (Å²) in [5.74, 6) is 0. The van der Waals surface area contributed by atoms with E-state index in [9.17, 15) is 0 Å². The SMILES string of the molecule is C.[AlH3].[Ca+2].[H-].[H-].[SiH4]. The molecule has 0 aliphatic heterocycles. The van der Waals surface area contributed by atoms with Crippen LogP contribution >= 0.6 is 0 Å². The van der Waals surface area contributed by atoms with E-state index in [4.69, 9.17) is 0 Å². The van der Waals surface area contributed by atoms with Crippen LogP contribution in [0.2, 0.25) is 0 Å². The Hall–Kier alpha value is 2.01. The second kappa shape index (κ2) is 19.9. The molecule has 0 radical (unpaired) electrons. The Labute approximate surface area is 75.5 Å². The minimum atomic E-state index is 0. The van der Waals surface area contributed by atoms with Gasteiger partial charge in [0.1, 0.15) is 0 Å². The maximum atomic E-state index is 0. The van der Waals surface area contributed by atoms with E-state index in [2.05, 4.69) is 0 Å². The topological polar surface area (TPSA) is 0 Å². The Balaban J connectivity index is 0. The molecule has 0 aliphatic carbocycles. The van der Waals surface area contributed by atoms with E-state index < -0.39 is 0 Å². The van der Waals surface area contributed by atoms with E-state index >= 15 is 0 Å². The third-order valence-electron chi connectivity index (χ3n) is 0. The molecule has 0 atom stereocenters. The molecule has 4 heavy (non-hydrogen) atoms.